The number of ether oxygens (including phenoxy) is 1. The Morgan fingerprint density at radius 1 is 1.22 bits per heavy atom. The van der Waals surface area contributed by atoms with Gasteiger partial charge in [0.05, 0.1) is 6.61 Å². The Kier molecular flexibility index (Phi) is 4.52. The molecule has 1 aliphatic rings. The van der Waals surface area contributed by atoms with Gasteiger partial charge in [0, 0.05) is 24.6 Å². The molecule has 1 aromatic heterocycles. The normalized spacial score (nSPS) is 14.5. The van der Waals surface area contributed by atoms with E-state index in [4.69, 9.17) is 4.74 Å². The maximum Gasteiger partial charge on any atom is 0.179 e. The molecular weight excluding hydrogens is 312 g/mol. The first-order chi connectivity index (χ1) is 11.0. The molecule has 0 atom stereocenters. The van der Waals surface area contributed by atoms with E-state index in [2.05, 4.69) is 10.3 Å². The molecule has 1 saturated carbocycles. The second kappa shape index (κ2) is 6.58. The van der Waals surface area contributed by atoms with Gasteiger partial charge in [0.25, 0.3) is 0 Å². The van der Waals surface area contributed by atoms with Gasteiger partial charge < -0.3 is 10.1 Å². The lowest BCUT2D eigenvalue weighted by atomic mass is 10.2. The number of sulfone groups is 1. The monoisotopic (exact) mass is 332 g/mol. The Morgan fingerprint density at radius 3 is 2.74 bits per heavy atom. The first kappa shape index (κ1) is 15.8. The van der Waals surface area contributed by atoms with Crippen LogP contribution < -0.4 is 10.1 Å². The maximum absolute atomic E-state index is 11.8. The van der Waals surface area contributed by atoms with Crippen LogP contribution in [0.3, 0.4) is 0 Å². The van der Waals surface area contributed by atoms with Gasteiger partial charge in [0.2, 0.25) is 0 Å². The lowest BCUT2D eigenvalue weighted by Gasteiger charge is -2.13. The van der Waals surface area contributed by atoms with E-state index >= 15 is 0 Å². The molecule has 0 radical (unpaired) electrons. The van der Waals surface area contributed by atoms with Gasteiger partial charge in [-0.15, -0.1) is 0 Å². The van der Waals surface area contributed by atoms with Gasteiger partial charge in [-0.25, -0.2) is 13.4 Å². The fourth-order valence-electron chi connectivity index (χ4n) is 2.28. The zero-order chi connectivity index (χ0) is 16.3. The van der Waals surface area contributed by atoms with Gasteiger partial charge in [-0.05, 0) is 37.0 Å². The molecule has 0 saturated heterocycles. The van der Waals surface area contributed by atoms with Gasteiger partial charge >= 0.3 is 0 Å². The third kappa shape index (κ3) is 4.22. The molecule has 1 aromatic carbocycles. The Balaban J connectivity index is 1.73. The molecule has 1 fully saturated rings. The molecular formula is C17H20N2O3S. The van der Waals surface area contributed by atoms with Crippen molar-refractivity contribution in [2.75, 3.05) is 18.2 Å². The van der Waals surface area contributed by atoms with Crippen LogP contribution in [-0.4, -0.2) is 26.3 Å². The Morgan fingerprint density at radius 2 is 2.00 bits per heavy atom. The first-order valence-corrected chi connectivity index (χ1v) is 9.53. The minimum atomic E-state index is -3.32. The SMILES string of the molecule is CS(=O)(=O)c1cccnc1NCc1ccccc1OCC1CC1. The minimum absolute atomic E-state index is 0.205. The molecule has 2 aromatic rings. The van der Waals surface area contributed by atoms with Crippen LogP contribution in [0.5, 0.6) is 5.75 Å². The van der Waals surface area contributed by atoms with Crippen molar-refractivity contribution in [3.8, 4) is 5.75 Å². The summed E-state index contributed by atoms with van der Waals surface area (Å²) in [5, 5.41) is 3.11. The summed E-state index contributed by atoms with van der Waals surface area (Å²) in [4.78, 5) is 4.35. The number of hydrogen-bond acceptors (Lipinski definition) is 5. The van der Waals surface area contributed by atoms with Gasteiger partial charge in [-0.2, -0.15) is 0 Å². The van der Waals surface area contributed by atoms with Crippen molar-refractivity contribution in [1.82, 2.24) is 4.98 Å². The fourth-order valence-corrected chi connectivity index (χ4v) is 3.09. The molecule has 3 rings (SSSR count). The summed E-state index contributed by atoms with van der Waals surface area (Å²) < 4.78 is 29.5. The van der Waals surface area contributed by atoms with Crippen molar-refractivity contribution in [3.63, 3.8) is 0 Å². The molecule has 23 heavy (non-hydrogen) atoms. The van der Waals surface area contributed by atoms with Crippen molar-refractivity contribution in [1.29, 1.82) is 0 Å². The van der Waals surface area contributed by atoms with Crippen LogP contribution in [0.4, 0.5) is 5.82 Å². The highest BCUT2D eigenvalue weighted by Crippen LogP contribution is 2.30. The Hall–Kier alpha value is -2.08. The highest BCUT2D eigenvalue weighted by molar-refractivity contribution is 7.90. The molecule has 0 spiro atoms. The van der Waals surface area contributed by atoms with Crippen LogP contribution in [0.15, 0.2) is 47.5 Å². The molecule has 1 aliphatic carbocycles. The van der Waals surface area contributed by atoms with Crippen LogP contribution >= 0.6 is 0 Å². The smallest absolute Gasteiger partial charge is 0.179 e. The van der Waals surface area contributed by atoms with Gasteiger partial charge in [0.15, 0.2) is 9.84 Å². The number of nitrogens with zero attached hydrogens (tertiary/aromatic N) is 1. The number of rotatable bonds is 7. The number of pyridine rings is 1. The molecule has 0 amide bonds. The summed E-state index contributed by atoms with van der Waals surface area (Å²) in [5.41, 5.74) is 0.984. The van der Waals surface area contributed by atoms with Crippen molar-refractivity contribution in [2.24, 2.45) is 5.92 Å². The van der Waals surface area contributed by atoms with Crippen LogP contribution in [0, 0.1) is 5.92 Å². The van der Waals surface area contributed by atoms with E-state index < -0.39 is 9.84 Å². The molecule has 122 valence electrons. The average molecular weight is 332 g/mol. The van der Waals surface area contributed by atoms with Crippen molar-refractivity contribution < 1.29 is 13.2 Å². The van der Waals surface area contributed by atoms with Crippen LogP contribution in [0.25, 0.3) is 0 Å². The van der Waals surface area contributed by atoms with E-state index in [1.54, 1.807) is 18.3 Å². The molecule has 1 heterocycles. The molecule has 6 heteroatoms. The number of aromatic nitrogens is 1. The van der Waals surface area contributed by atoms with Crippen molar-refractivity contribution in [3.05, 3.63) is 48.2 Å². The van der Waals surface area contributed by atoms with E-state index in [0.717, 1.165) is 17.9 Å². The topological polar surface area (TPSA) is 68.3 Å². The largest absolute Gasteiger partial charge is 0.493 e. The third-order valence-corrected chi connectivity index (χ3v) is 4.89. The number of para-hydroxylation sites is 1. The fraction of sp³-hybridized carbons (Fsp3) is 0.353. The maximum atomic E-state index is 11.8. The van der Waals surface area contributed by atoms with Gasteiger partial charge in [-0.3, -0.25) is 0 Å². The van der Waals surface area contributed by atoms with E-state index in [9.17, 15) is 8.42 Å². The van der Waals surface area contributed by atoms with E-state index in [1.165, 1.54) is 19.1 Å². The quantitative estimate of drug-likeness (QED) is 0.844. The molecule has 0 bridgehead atoms. The Labute approximate surface area is 136 Å². The second-order valence-corrected chi connectivity index (χ2v) is 7.82. The van der Waals surface area contributed by atoms with Crippen molar-refractivity contribution in [2.45, 2.75) is 24.3 Å². The van der Waals surface area contributed by atoms with Crippen LogP contribution in [0.2, 0.25) is 0 Å². The number of hydrogen-bond donors (Lipinski definition) is 1. The van der Waals surface area contributed by atoms with E-state index in [0.29, 0.717) is 18.3 Å². The summed E-state index contributed by atoms with van der Waals surface area (Å²) in [5.74, 6) is 1.89. The minimum Gasteiger partial charge on any atom is -0.493 e. The summed E-state index contributed by atoms with van der Waals surface area (Å²) in [6.07, 6.45) is 5.24. The molecule has 5 nitrogen and oxygen atoms in total. The van der Waals surface area contributed by atoms with Gasteiger partial charge in [-0.1, -0.05) is 18.2 Å². The molecule has 0 unspecified atom stereocenters. The highest BCUT2D eigenvalue weighted by Gasteiger charge is 2.22. The van der Waals surface area contributed by atoms with E-state index in [-0.39, 0.29) is 4.90 Å². The molecule has 1 N–H and O–H groups in total. The lowest BCUT2D eigenvalue weighted by Crippen LogP contribution is -2.09. The zero-order valence-corrected chi connectivity index (χ0v) is 13.8. The predicted octanol–water partition coefficient (Wildman–Crippen LogP) is 2.89. The van der Waals surface area contributed by atoms with Gasteiger partial charge in [0.1, 0.15) is 16.5 Å². The summed E-state index contributed by atoms with van der Waals surface area (Å²) in [7, 11) is -3.32. The van der Waals surface area contributed by atoms with Crippen LogP contribution in [0.1, 0.15) is 18.4 Å². The summed E-state index contributed by atoms with van der Waals surface area (Å²) in [6, 6.07) is 11.0. The average Bonchev–Trinajstić information content (AvgIpc) is 3.35. The number of benzene rings is 1. The predicted molar refractivity (Wildman–Crippen MR) is 89.3 cm³/mol. The molecule has 0 aliphatic heterocycles. The standard InChI is InChI=1S/C17H20N2O3S/c1-23(20,21)16-7-4-10-18-17(16)19-11-14-5-2-3-6-15(14)22-12-13-8-9-13/h2-7,10,13H,8-9,11-12H2,1H3,(H,18,19). The van der Waals surface area contributed by atoms with Crippen molar-refractivity contribution >= 4 is 15.7 Å². The first-order valence-electron chi connectivity index (χ1n) is 7.63. The Bertz CT molecular complexity index is 786. The third-order valence-electron chi connectivity index (χ3n) is 3.76. The highest BCUT2D eigenvalue weighted by atomic mass is 32.2. The number of anilines is 1. The second-order valence-electron chi connectivity index (χ2n) is 5.84. The summed E-state index contributed by atoms with van der Waals surface area (Å²) in [6.45, 7) is 1.20. The van der Waals surface area contributed by atoms with Crippen LogP contribution in [-0.2, 0) is 16.4 Å². The van der Waals surface area contributed by atoms with E-state index in [1.807, 2.05) is 24.3 Å². The lowest BCUT2D eigenvalue weighted by molar-refractivity contribution is 0.297. The number of nitrogens with one attached hydrogen (secondary N) is 1. The summed E-state index contributed by atoms with van der Waals surface area (Å²) >= 11 is 0. The zero-order valence-electron chi connectivity index (χ0n) is 13.0.